The number of carbonyl (C=O) groups is 1. The molecular formula is C13H20N2OS. The molecule has 1 aromatic heterocycles. The van der Waals surface area contributed by atoms with Crippen molar-refractivity contribution >= 4 is 17.7 Å². The van der Waals surface area contributed by atoms with Crippen LogP contribution in [-0.2, 0) is 0 Å². The van der Waals surface area contributed by atoms with E-state index in [0.29, 0.717) is 5.56 Å². The molecule has 1 aromatic rings. The molecule has 0 bridgehead atoms. The Morgan fingerprint density at radius 3 is 2.71 bits per heavy atom. The molecule has 0 saturated carbocycles. The van der Waals surface area contributed by atoms with Gasteiger partial charge in [-0.25, -0.2) is 0 Å². The molecule has 0 fully saturated rings. The third kappa shape index (κ3) is 4.38. The van der Waals surface area contributed by atoms with Crippen LogP contribution in [0, 0.1) is 0 Å². The average molecular weight is 252 g/mol. The molecule has 3 nitrogen and oxygen atoms in total. The van der Waals surface area contributed by atoms with Gasteiger partial charge in [-0.2, -0.15) is 11.8 Å². The smallest absolute Gasteiger partial charge is 0.253 e. The molecule has 0 unspecified atom stereocenters. The Balaban J connectivity index is 2.51. The summed E-state index contributed by atoms with van der Waals surface area (Å²) >= 11 is 1.91. The number of thioether (sulfide) groups is 1. The maximum absolute atomic E-state index is 12.1. The molecule has 94 valence electrons. The fourth-order valence-electron chi connectivity index (χ4n) is 1.49. The predicted molar refractivity (Wildman–Crippen MR) is 73.4 cm³/mol. The molecule has 1 amide bonds. The first-order chi connectivity index (χ1) is 8.16. The highest BCUT2D eigenvalue weighted by molar-refractivity contribution is 7.99. The molecule has 0 spiro atoms. The second kappa shape index (κ2) is 7.33. The summed E-state index contributed by atoms with van der Waals surface area (Å²) in [6, 6.07) is 3.79. The van der Waals surface area contributed by atoms with Crippen molar-refractivity contribution in [1.82, 2.24) is 9.88 Å². The summed E-state index contributed by atoms with van der Waals surface area (Å²) in [7, 11) is 1.87. The molecule has 0 aliphatic carbocycles. The van der Waals surface area contributed by atoms with Crippen LogP contribution in [0.2, 0.25) is 0 Å². The number of carbonyl (C=O) groups excluding carboxylic acids is 1. The quantitative estimate of drug-likeness (QED) is 0.730. The summed E-state index contributed by atoms with van der Waals surface area (Å²) in [5.74, 6) is 2.31. The summed E-state index contributed by atoms with van der Waals surface area (Å²) in [4.78, 5) is 17.8. The number of hydrogen-bond acceptors (Lipinski definition) is 3. The lowest BCUT2D eigenvalue weighted by Crippen LogP contribution is -2.35. The van der Waals surface area contributed by atoms with E-state index in [1.54, 1.807) is 24.5 Å². The van der Waals surface area contributed by atoms with Crippen LogP contribution in [0.15, 0.2) is 24.5 Å². The summed E-state index contributed by atoms with van der Waals surface area (Å²) in [5.41, 5.74) is 0.706. The molecular weight excluding hydrogens is 232 g/mol. The zero-order valence-corrected chi connectivity index (χ0v) is 11.5. The third-order valence-corrected chi connectivity index (χ3v) is 3.73. The maximum Gasteiger partial charge on any atom is 0.253 e. The number of pyridine rings is 1. The van der Waals surface area contributed by atoms with Gasteiger partial charge >= 0.3 is 0 Å². The van der Waals surface area contributed by atoms with E-state index in [2.05, 4.69) is 18.8 Å². The van der Waals surface area contributed by atoms with E-state index in [9.17, 15) is 4.79 Å². The first kappa shape index (κ1) is 14.0. The van der Waals surface area contributed by atoms with Crippen LogP contribution in [0.3, 0.4) is 0 Å². The first-order valence-electron chi connectivity index (χ1n) is 5.91. The number of aromatic nitrogens is 1. The van der Waals surface area contributed by atoms with Gasteiger partial charge < -0.3 is 4.90 Å². The Morgan fingerprint density at radius 1 is 1.47 bits per heavy atom. The fourth-order valence-corrected chi connectivity index (χ4v) is 2.29. The van der Waals surface area contributed by atoms with Gasteiger partial charge in [-0.15, -0.1) is 0 Å². The van der Waals surface area contributed by atoms with E-state index < -0.39 is 0 Å². The monoisotopic (exact) mass is 252 g/mol. The molecule has 0 N–H and O–H groups in total. The summed E-state index contributed by atoms with van der Waals surface area (Å²) in [6.07, 6.45) is 4.34. The molecule has 0 aromatic carbocycles. The van der Waals surface area contributed by atoms with Crippen LogP contribution in [0.1, 0.15) is 30.6 Å². The Kier molecular flexibility index (Phi) is 6.05. The minimum Gasteiger partial charge on any atom is -0.339 e. The van der Waals surface area contributed by atoms with Crippen molar-refractivity contribution in [3.8, 4) is 0 Å². The molecule has 0 saturated heterocycles. The number of nitrogens with zero attached hydrogens (tertiary/aromatic N) is 2. The van der Waals surface area contributed by atoms with E-state index in [1.807, 2.05) is 23.7 Å². The van der Waals surface area contributed by atoms with E-state index in [4.69, 9.17) is 0 Å². The summed E-state index contributed by atoms with van der Waals surface area (Å²) < 4.78 is 0. The first-order valence-corrected chi connectivity index (χ1v) is 7.07. The average Bonchev–Trinajstić information content (AvgIpc) is 2.38. The van der Waals surface area contributed by atoms with Crippen molar-refractivity contribution in [3.63, 3.8) is 0 Å². The number of amides is 1. The van der Waals surface area contributed by atoms with Crippen LogP contribution in [0.5, 0.6) is 0 Å². The van der Waals surface area contributed by atoms with Crippen LogP contribution >= 0.6 is 11.8 Å². The second-order valence-electron chi connectivity index (χ2n) is 3.99. The third-order valence-electron chi connectivity index (χ3n) is 2.79. The zero-order valence-electron chi connectivity index (χ0n) is 10.7. The SMILES string of the molecule is CCSCC[C@H](C)N(C)C(=O)c1ccncc1. The molecule has 0 radical (unpaired) electrons. The molecule has 1 rings (SSSR count). The minimum absolute atomic E-state index is 0.0707. The van der Waals surface area contributed by atoms with Crippen molar-refractivity contribution in [2.24, 2.45) is 0 Å². The highest BCUT2D eigenvalue weighted by atomic mass is 32.2. The summed E-state index contributed by atoms with van der Waals surface area (Å²) in [6.45, 7) is 4.25. The molecule has 0 aliphatic heterocycles. The highest BCUT2D eigenvalue weighted by Crippen LogP contribution is 2.11. The van der Waals surface area contributed by atoms with Gasteiger partial charge in [-0.1, -0.05) is 6.92 Å². The Bertz CT molecular complexity index is 343. The van der Waals surface area contributed by atoms with Crippen LogP contribution < -0.4 is 0 Å². The Labute approximate surface area is 108 Å². The van der Waals surface area contributed by atoms with Crippen LogP contribution in [0.4, 0.5) is 0 Å². The van der Waals surface area contributed by atoms with Crippen molar-refractivity contribution in [3.05, 3.63) is 30.1 Å². The molecule has 4 heteroatoms. The van der Waals surface area contributed by atoms with Crippen molar-refractivity contribution in [1.29, 1.82) is 0 Å². The lowest BCUT2D eigenvalue weighted by Gasteiger charge is -2.24. The number of hydrogen-bond donors (Lipinski definition) is 0. The summed E-state index contributed by atoms with van der Waals surface area (Å²) in [5, 5.41) is 0. The normalized spacial score (nSPS) is 12.2. The fraction of sp³-hybridized carbons (Fsp3) is 0.538. The standard InChI is InChI=1S/C13H20N2OS/c1-4-17-10-7-11(2)15(3)13(16)12-5-8-14-9-6-12/h5-6,8-9,11H,4,7,10H2,1-3H3/t11-/m0/s1. The highest BCUT2D eigenvalue weighted by Gasteiger charge is 2.16. The molecule has 1 atom stereocenters. The van der Waals surface area contributed by atoms with Gasteiger partial charge in [-0.05, 0) is 37.0 Å². The van der Waals surface area contributed by atoms with Crippen molar-refractivity contribution < 1.29 is 4.79 Å². The van der Waals surface area contributed by atoms with Gasteiger partial charge in [-0.3, -0.25) is 9.78 Å². The second-order valence-corrected chi connectivity index (χ2v) is 5.38. The van der Waals surface area contributed by atoms with Gasteiger partial charge in [0.15, 0.2) is 0 Å². The number of rotatable bonds is 6. The van der Waals surface area contributed by atoms with Gasteiger partial charge in [0.1, 0.15) is 0 Å². The minimum atomic E-state index is 0.0707. The zero-order chi connectivity index (χ0) is 12.7. The van der Waals surface area contributed by atoms with Crippen LogP contribution in [-0.4, -0.2) is 40.4 Å². The topological polar surface area (TPSA) is 33.2 Å². The maximum atomic E-state index is 12.1. The Hall–Kier alpha value is -1.03. The van der Waals surface area contributed by atoms with Gasteiger partial charge in [0, 0.05) is 31.0 Å². The van der Waals surface area contributed by atoms with E-state index in [1.165, 1.54) is 0 Å². The largest absolute Gasteiger partial charge is 0.339 e. The lowest BCUT2D eigenvalue weighted by atomic mass is 10.2. The molecule has 1 heterocycles. The Morgan fingerprint density at radius 2 is 2.12 bits per heavy atom. The van der Waals surface area contributed by atoms with E-state index in [0.717, 1.165) is 17.9 Å². The van der Waals surface area contributed by atoms with Crippen molar-refractivity contribution in [2.75, 3.05) is 18.6 Å². The lowest BCUT2D eigenvalue weighted by molar-refractivity contribution is 0.0741. The van der Waals surface area contributed by atoms with E-state index in [-0.39, 0.29) is 11.9 Å². The van der Waals surface area contributed by atoms with Crippen molar-refractivity contribution in [2.45, 2.75) is 26.3 Å². The predicted octanol–water partition coefficient (Wildman–Crippen LogP) is 2.69. The van der Waals surface area contributed by atoms with Gasteiger partial charge in [0.05, 0.1) is 0 Å². The van der Waals surface area contributed by atoms with Gasteiger partial charge in [0.25, 0.3) is 5.91 Å². The van der Waals surface area contributed by atoms with Crippen LogP contribution in [0.25, 0.3) is 0 Å². The van der Waals surface area contributed by atoms with E-state index >= 15 is 0 Å². The molecule has 0 aliphatic rings. The van der Waals surface area contributed by atoms with Gasteiger partial charge in [0.2, 0.25) is 0 Å². The molecule has 17 heavy (non-hydrogen) atoms.